The number of carbonyl (C=O) groups is 3. The fraction of sp³-hybridized carbons (Fsp3) is 0.393. The van der Waals surface area contributed by atoms with E-state index in [1.165, 1.54) is 19.9 Å². The van der Waals surface area contributed by atoms with E-state index in [-0.39, 0.29) is 11.6 Å². The van der Waals surface area contributed by atoms with Crippen LogP contribution in [0.3, 0.4) is 0 Å². The number of methoxy groups -OCH3 is 2. The molecule has 0 spiro atoms. The predicted octanol–water partition coefficient (Wildman–Crippen LogP) is 3.40. The molecule has 0 amide bonds. The lowest BCUT2D eigenvalue weighted by atomic mass is 9.83. The number of esters is 3. The Labute approximate surface area is 214 Å². The molecule has 2 aromatic rings. The summed E-state index contributed by atoms with van der Waals surface area (Å²) in [4.78, 5) is 37.0. The standard InChI is InChI=1S/C28H36O7Si/c1-21(29)35-24(28(5,25(30)32-6)26(31)33-7)19-14-20-34-36(27(2,3)4,22-15-10-8-11-16-22)23-17-12-9-13-18-23/h8-19,24H,20H2,1-7H3/b19-14+/t24-/m0/s1. The summed E-state index contributed by atoms with van der Waals surface area (Å²) in [6.07, 6.45) is 1.89. The maximum Gasteiger partial charge on any atom is 0.327 e. The lowest BCUT2D eigenvalue weighted by Crippen LogP contribution is -2.66. The minimum absolute atomic E-state index is 0.156. The summed E-state index contributed by atoms with van der Waals surface area (Å²) in [7, 11) is -0.485. The van der Waals surface area contributed by atoms with Crippen molar-refractivity contribution in [2.75, 3.05) is 20.8 Å². The van der Waals surface area contributed by atoms with Gasteiger partial charge in [-0.1, -0.05) is 87.5 Å². The molecule has 194 valence electrons. The Kier molecular flexibility index (Phi) is 9.78. The van der Waals surface area contributed by atoms with Gasteiger partial charge in [0.2, 0.25) is 5.41 Å². The van der Waals surface area contributed by atoms with E-state index in [4.69, 9.17) is 18.6 Å². The van der Waals surface area contributed by atoms with Crippen LogP contribution in [-0.2, 0) is 33.0 Å². The van der Waals surface area contributed by atoms with Crippen molar-refractivity contribution in [3.8, 4) is 0 Å². The van der Waals surface area contributed by atoms with Crippen molar-refractivity contribution in [3.63, 3.8) is 0 Å². The topological polar surface area (TPSA) is 88.1 Å². The van der Waals surface area contributed by atoms with E-state index in [0.717, 1.165) is 24.6 Å². The first kappa shape index (κ1) is 29.0. The highest BCUT2D eigenvalue weighted by molar-refractivity contribution is 6.99. The van der Waals surface area contributed by atoms with Crippen molar-refractivity contribution in [1.82, 2.24) is 0 Å². The molecule has 8 heteroatoms. The molecular weight excluding hydrogens is 476 g/mol. The Morgan fingerprint density at radius 2 is 1.28 bits per heavy atom. The molecule has 0 fully saturated rings. The highest BCUT2D eigenvalue weighted by atomic mass is 28.4. The van der Waals surface area contributed by atoms with Crippen molar-refractivity contribution in [1.29, 1.82) is 0 Å². The average Bonchev–Trinajstić information content (AvgIpc) is 2.86. The largest absolute Gasteiger partial charge is 0.468 e. The Morgan fingerprint density at radius 3 is 1.64 bits per heavy atom. The van der Waals surface area contributed by atoms with Gasteiger partial charge in [0.05, 0.1) is 20.8 Å². The summed E-state index contributed by atoms with van der Waals surface area (Å²) in [6.45, 7) is 9.17. The summed E-state index contributed by atoms with van der Waals surface area (Å²) >= 11 is 0. The number of benzene rings is 2. The zero-order chi connectivity index (χ0) is 27.0. The number of ether oxygens (including phenoxy) is 3. The van der Waals surface area contributed by atoms with E-state index in [9.17, 15) is 14.4 Å². The number of hydrogen-bond acceptors (Lipinski definition) is 7. The number of carbonyl (C=O) groups excluding carboxylic acids is 3. The van der Waals surface area contributed by atoms with Crippen LogP contribution in [0.5, 0.6) is 0 Å². The van der Waals surface area contributed by atoms with Crippen LogP contribution in [0.2, 0.25) is 5.04 Å². The summed E-state index contributed by atoms with van der Waals surface area (Å²) in [5, 5.41) is 2.00. The third-order valence-electron chi connectivity index (χ3n) is 6.20. The van der Waals surface area contributed by atoms with Gasteiger partial charge in [-0.2, -0.15) is 0 Å². The normalized spacial score (nSPS) is 13.2. The molecule has 0 bridgehead atoms. The quantitative estimate of drug-likeness (QED) is 0.158. The van der Waals surface area contributed by atoms with Crippen molar-refractivity contribution in [2.24, 2.45) is 5.41 Å². The van der Waals surface area contributed by atoms with Crippen molar-refractivity contribution in [2.45, 2.75) is 45.8 Å². The van der Waals surface area contributed by atoms with Gasteiger partial charge in [0, 0.05) is 6.92 Å². The zero-order valence-corrected chi connectivity index (χ0v) is 23.1. The van der Waals surface area contributed by atoms with Crippen molar-refractivity contribution in [3.05, 3.63) is 72.8 Å². The zero-order valence-electron chi connectivity index (χ0n) is 22.1. The average molecular weight is 513 g/mol. The molecule has 0 aromatic heterocycles. The third kappa shape index (κ3) is 5.94. The van der Waals surface area contributed by atoms with E-state index < -0.39 is 37.7 Å². The second-order valence-electron chi connectivity index (χ2n) is 9.62. The van der Waals surface area contributed by atoms with Crippen molar-refractivity contribution >= 4 is 36.6 Å². The molecular formula is C28H36O7Si. The molecule has 0 aliphatic carbocycles. The predicted molar refractivity (Wildman–Crippen MR) is 140 cm³/mol. The first-order valence-corrected chi connectivity index (χ1v) is 13.6. The Balaban J connectivity index is 2.50. The molecule has 0 unspecified atom stereocenters. The molecule has 1 atom stereocenters. The lowest BCUT2D eigenvalue weighted by molar-refractivity contribution is -0.178. The van der Waals surface area contributed by atoms with Crippen LogP contribution in [0.15, 0.2) is 72.8 Å². The Hall–Kier alpha value is -3.23. The van der Waals surface area contributed by atoms with Crippen LogP contribution in [-0.4, -0.2) is 53.2 Å². The molecule has 2 rings (SSSR count). The Bertz CT molecular complexity index is 1000. The fourth-order valence-electron chi connectivity index (χ4n) is 4.38. The van der Waals surface area contributed by atoms with Gasteiger partial charge >= 0.3 is 17.9 Å². The van der Waals surface area contributed by atoms with Gasteiger partial charge in [0.1, 0.15) is 6.10 Å². The second kappa shape index (κ2) is 12.1. The third-order valence-corrected chi connectivity index (χ3v) is 11.2. The van der Waals surface area contributed by atoms with E-state index in [1.54, 1.807) is 6.08 Å². The van der Waals surface area contributed by atoms with Crippen LogP contribution in [0.25, 0.3) is 0 Å². The SMILES string of the molecule is COC(=O)C(C)(C(=O)OC)[C@H](/C=C/CO[Si](c1ccccc1)(c1ccccc1)C(C)(C)C)OC(C)=O. The van der Waals surface area contributed by atoms with Crippen LogP contribution >= 0.6 is 0 Å². The van der Waals surface area contributed by atoms with Crippen LogP contribution in [0.1, 0.15) is 34.6 Å². The minimum atomic E-state index is -2.80. The molecule has 0 radical (unpaired) electrons. The number of hydrogen-bond donors (Lipinski definition) is 0. The molecule has 36 heavy (non-hydrogen) atoms. The maximum absolute atomic E-state index is 12.6. The van der Waals surface area contributed by atoms with Crippen LogP contribution < -0.4 is 10.4 Å². The van der Waals surface area contributed by atoms with E-state index in [0.29, 0.717) is 0 Å². The molecule has 7 nitrogen and oxygen atoms in total. The molecule has 0 heterocycles. The second-order valence-corrected chi connectivity index (χ2v) is 13.9. The van der Waals surface area contributed by atoms with Gasteiger partial charge in [-0.05, 0) is 28.4 Å². The first-order chi connectivity index (χ1) is 16.9. The van der Waals surface area contributed by atoms with E-state index in [2.05, 4.69) is 45.0 Å². The summed E-state index contributed by atoms with van der Waals surface area (Å²) in [5.41, 5.74) is -1.89. The maximum atomic E-state index is 12.6. The fourth-order valence-corrected chi connectivity index (χ4v) is 8.88. The molecule has 0 aliphatic rings. The first-order valence-electron chi connectivity index (χ1n) is 11.7. The van der Waals surface area contributed by atoms with E-state index in [1.807, 2.05) is 36.4 Å². The summed E-state index contributed by atoms with van der Waals surface area (Å²) in [5.74, 6) is -2.41. The summed E-state index contributed by atoms with van der Waals surface area (Å²) in [6, 6.07) is 20.3. The Morgan fingerprint density at radius 1 is 0.833 bits per heavy atom. The van der Waals surface area contributed by atoms with Gasteiger partial charge < -0.3 is 18.6 Å². The highest BCUT2D eigenvalue weighted by Crippen LogP contribution is 2.37. The van der Waals surface area contributed by atoms with Crippen molar-refractivity contribution < 1.29 is 33.0 Å². The monoisotopic (exact) mass is 512 g/mol. The number of rotatable bonds is 10. The van der Waals surface area contributed by atoms with Gasteiger partial charge in [-0.25, -0.2) is 0 Å². The van der Waals surface area contributed by atoms with Crippen LogP contribution in [0.4, 0.5) is 0 Å². The van der Waals surface area contributed by atoms with Gasteiger partial charge in [-0.15, -0.1) is 0 Å². The van der Waals surface area contributed by atoms with E-state index >= 15 is 0 Å². The molecule has 0 saturated carbocycles. The van der Waals surface area contributed by atoms with Crippen LogP contribution in [0, 0.1) is 5.41 Å². The molecule has 2 aromatic carbocycles. The minimum Gasteiger partial charge on any atom is -0.468 e. The van der Waals surface area contributed by atoms with Gasteiger partial charge in [0.25, 0.3) is 8.32 Å². The highest BCUT2D eigenvalue weighted by Gasteiger charge is 2.52. The summed E-state index contributed by atoms with van der Waals surface area (Å²) < 4.78 is 21.8. The lowest BCUT2D eigenvalue weighted by Gasteiger charge is -2.42. The molecule has 0 saturated heterocycles. The van der Waals surface area contributed by atoms with Gasteiger partial charge in [0.15, 0.2) is 0 Å². The van der Waals surface area contributed by atoms with Gasteiger partial charge in [-0.3, -0.25) is 14.4 Å². The molecule has 0 N–H and O–H groups in total. The smallest absolute Gasteiger partial charge is 0.327 e. The molecule has 0 aliphatic heterocycles.